The van der Waals surface area contributed by atoms with Crippen molar-refractivity contribution in [3.63, 3.8) is 0 Å². The number of anilines is 1. The Hall–Kier alpha value is -2.89. The highest BCUT2D eigenvalue weighted by atomic mass is 16.2. The smallest absolute Gasteiger partial charge is 0.273 e. The Balaban J connectivity index is 1.74. The van der Waals surface area contributed by atoms with Gasteiger partial charge in [0.25, 0.3) is 5.91 Å². The van der Waals surface area contributed by atoms with Crippen molar-refractivity contribution >= 4 is 11.6 Å². The quantitative estimate of drug-likeness (QED) is 0.788. The molecule has 2 heterocycles. The number of aromatic nitrogens is 4. The van der Waals surface area contributed by atoms with E-state index in [-0.39, 0.29) is 5.91 Å². The molecule has 0 aliphatic heterocycles. The van der Waals surface area contributed by atoms with Crippen LogP contribution < -0.4 is 5.32 Å². The highest BCUT2D eigenvalue weighted by Crippen LogP contribution is 2.15. The highest BCUT2D eigenvalue weighted by Gasteiger charge is 2.11. The molecule has 1 amide bonds. The van der Waals surface area contributed by atoms with Gasteiger partial charge in [0, 0.05) is 36.5 Å². The predicted molar refractivity (Wildman–Crippen MR) is 88.8 cm³/mol. The maximum atomic E-state index is 12.4. The van der Waals surface area contributed by atoms with E-state index in [9.17, 15) is 4.79 Å². The van der Waals surface area contributed by atoms with E-state index in [0.29, 0.717) is 5.69 Å². The van der Waals surface area contributed by atoms with E-state index in [1.807, 2.05) is 42.0 Å². The summed E-state index contributed by atoms with van der Waals surface area (Å²) in [4.78, 5) is 16.6. The molecule has 0 unspecified atom stereocenters. The van der Waals surface area contributed by atoms with Gasteiger partial charge >= 0.3 is 0 Å². The van der Waals surface area contributed by atoms with E-state index < -0.39 is 0 Å². The summed E-state index contributed by atoms with van der Waals surface area (Å²) in [5, 5.41) is 7.08. The first-order valence-electron chi connectivity index (χ1n) is 7.62. The fourth-order valence-corrected chi connectivity index (χ4v) is 2.47. The van der Waals surface area contributed by atoms with Crippen LogP contribution in [0.4, 0.5) is 5.69 Å². The number of imidazole rings is 1. The van der Waals surface area contributed by atoms with Gasteiger partial charge in [0.05, 0.1) is 0 Å². The van der Waals surface area contributed by atoms with Crippen LogP contribution in [0.25, 0.3) is 5.69 Å². The van der Waals surface area contributed by atoms with Crippen molar-refractivity contribution in [3.8, 4) is 5.69 Å². The fourth-order valence-electron chi connectivity index (χ4n) is 2.47. The molecule has 0 aliphatic carbocycles. The number of benzene rings is 1. The van der Waals surface area contributed by atoms with E-state index in [4.69, 9.17) is 0 Å². The number of carbonyl (C=O) groups excluding carboxylic acids is 1. The summed E-state index contributed by atoms with van der Waals surface area (Å²) in [7, 11) is 0. The third-order valence-electron chi connectivity index (χ3n) is 3.61. The van der Waals surface area contributed by atoms with Gasteiger partial charge < -0.3 is 9.88 Å². The molecule has 0 saturated heterocycles. The van der Waals surface area contributed by atoms with Gasteiger partial charge in [-0.1, -0.05) is 6.92 Å². The molecule has 6 nitrogen and oxygen atoms in total. The van der Waals surface area contributed by atoms with E-state index in [1.54, 1.807) is 23.1 Å². The summed E-state index contributed by atoms with van der Waals surface area (Å²) in [5.74, 6) is 0.771. The number of aryl methyl sites for hydroxylation is 2. The van der Waals surface area contributed by atoms with Crippen molar-refractivity contribution < 1.29 is 4.79 Å². The molecule has 0 atom stereocenters. The molecular weight excluding hydrogens is 290 g/mol. The summed E-state index contributed by atoms with van der Waals surface area (Å²) in [6.07, 6.45) is 6.25. The van der Waals surface area contributed by atoms with Crippen molar-refractivity contribution in [1.29, 1.82) is 0 Å². The molecule has 0 bridgehead atoms. The molecule has 23 heavy (non-hydrogen) atoms. The topological polar surface area (TPSA) is 64.7 Å². The maximum Gasteiger partial charge on any atom is 0.273 e. The van der Waals surface area contributed by atoms with Crippen LogP contribution in [0.1, 0.15) is 29.7 Å². The second-order valence-corrected chi connectivity index (χ2v) is 5.29. The average molecular weight is 309 g/mol. The Bertz CT molecular complexity index is 801. The third-order valence-corrected chi connectivity index (χ3v) is 3.61. The van der Waals surface area contributed by atoms with Crippen LogP contribution in [0.5, 0.6) is 0 Å². The molecule has 0 fully saturated rings. The number of carbonyl (C=O) groups is 1. The van der Waals surface area contributed by atoms with Crippen molar-refractivity contribution in [3.05, 3.63) is 60.4 Å². The van der Waals surface area contributed by atoms with Gasteiger partial charge in [0.1, 0.15) is 11.5 Å². The fraction of sp³-hybridized carbons (Fsp3) is 0.235. The van der Waals surface area contributed by atoms with Gasteiger partial charge in [-0.2, -0.15) is 5.10 Å². The first-order valence-corrected chi connectivity index (χ1v) is 7.62. The number of hydrogen-bond acceptors (Lipinski definition) is 3. The SMILES string of the molecule is CCCn1nccc1C(=O)Nc1ccc(-n2ccnc2C)cc1. The van der Waals surface area contributed by atoms with Crippen LogP contribution in [0.2, 0.25) is 0 Å². The monoisotopic (exact) mass is 309 g/mol. The molecule has 0 aliphatic rings. The molecule has 3 aromatic rings. The minimum atomic E-state index is -0.150. The molecule has 0 radical (unpaired) electrons. The van der Waals surface area contributed by atoms with E-state index in [0.717, 1.165) is 30.2 Å². The van der Waals surface area contributed by atoms with E-state index in [1.165, 1.54) is 0 Å². The number of rotatable bonds is 5. The summed E-state index contributed by atoms with van der Waals surface area (Å²) < 4.78 is 3.71. The van der Waals surface area contributed by atoms with Crippen LogP contribution in [-0.2, 0) is 6.54 Å². The van der Waals surface area contributed by atoms with Gasteiger partial charge in [-0.05, 0) is 43.7 Å². The Morgan fingerprint density at radius 1 is 1.17 bits per heavy atom. The maximum absolute atomic E-state index is 12.4. The number of nitrogens with zero attached hydrogens (tertiary/aromatic N) is 4. The summed E-state index contributed by atoms with van der Waals surface area (Å²) in [6, 6.07) is 9.40. The third kappa shape index (κ3) is 3.15. The Kier molecular flexibility index (Phi) is 4.23. The average Bonchev–Trinajstić information content (AvgIpc) is 3.17. The zero-order valence-corrected chi connectivity index (χ0v) is 13.2. The molecule has 1 N–H and O–H groups in total. The Morgan fingerprint density at radius 3 is 2.61 bits per heavy atom. The number of hydrogen-bond donors (Lipinski definition) is 1. The largest absolute Gasteiger partial charge is 0.321 e. The minimum Gasteiger partial charge on any atom is -0.321 e. The van der Waals surface area contributed by atoms with Crippen LogP contribution in [0.3, 0.4) is 0 Å². The molecule has 2 aromatic heterocycles. The Labute approximate surface area is 134 Å². The van der Waals surface area contributed by atoms with Crippen molar-refractivity contribution in [2.45, 2.75) is 26.8 Å². The first-order chi connectivity index (χ1) is 11.2. The van der Waals surface area contributed by atoms with Crippen LogP contribution >= 0.6 is 0 Å². The van der Waals surface area contributed by atoms with Crippen LogP contribution in [0, 0.1) is 6.92 Å². The molecule has 1 aromatic carbocycles. The van der Waals surface area contributed by atoms with E-state index in [2.05, 4.69) is 22.3 Å². The standard InChI is InChI=1S/C17H19N5O/c1-3-11-22-16(8-9-19-22)17(23)20-14-4-6-15(7-5-14)21-12-10-18-13(21)2/h4-10,12H,3,11H2,1-2H3,(H,20,23). The highest BCUT2D eigenvalue weighted by molar-refractivity contribution is 6.03. The van der Waals surface area contributed by atoms with Crippen molar-refractivity contribution in [2.24, 2.45) is 0 Å². The number of amides is 1. The summed E-state index contributed by atoms with van der Waals surface area (Å²) >= 11 is 0. The van der Waals surface area contributed by atoms with Gasteiger partial charge in [0.2, 0.25) is 0 Å². The second kappa shape index (κ2) is 6.48. The molecule has 118 valence electrons. The molecule has 0 saturated carbocycles. The zero-order valence-electron chi connectivity index (χ0n) is 13.2. The summed E-state index contributed by atoms with van der Waals surface area (Å²) in [6.45, 7) is 4.74. The van der Waals surface area contributed by atoms with Crippen molar-refractivity contribution in [2.75, 3.05) is 5.32 Å². The minimum absolute atomic E-state index is 0.150. The molecular formula is C17H19N5O. The van der Waals surface area contributed by atoms with Gasteiger partial charge in [-0.25, -0.2) is 4.98 Å². The lowest BCUT2D eigenvalue weighted by molar-refractivity contribution is 0.101. The van der Waals surface area contributed by atoms with Crippen LogP contribution in [0.15, 0.2) is 48.9 Å². The first kappa shape index (κ1) is 15.0. The summed E-state index contributed by atoms with van der Waals surface area (Å²) in [5.41, 5.74) is 2.33. The normalized spacial score (nSPS) is 10.7. The van der Waals surface area contributed by atoms with Gasteiger partial charge in [0.15, 0.2) is 0 Å². The lowest BCUT2D eigenvalue weighted by Crippen LogP contribution is -2.17. The zero-order chi connectivity index (χ0) is 16.2. The van der Waals surface area contributed by atoms with Crippen molar-refractivity contribution in [1.82, 2.24) is 19.3 Å². The predicted octanol–water partition coefficient (Wildman–Crippen LogP) is 3.04. The number of nitrogens with one attached hydrogen (secondary N) is 1. The van der Waals surface area contributed by atoms with Gasteiger partial charge in [-0.15, -0.1) is 0 Å². The lowest BCUT2D eigenvalue weighted by Gasteiger charge is -2.09. The van der Waals surface area contributed by atoms with E-state index >= 15 is 0 Å². The molecule has 6 heteroatoms. The van der Waals surface area contributed by atoms with Gasteiger partial charge in [-0.3, -0.25) is 9.48 Å². The Morgan fingerprint density at radius 2 is 1.96 bits per heavy atom. The lowest BCUT2D eigenvalue weighted by atomic mass is 10.2. The second-order valence-electron chi connectivity index (χ2n) is 5.29. The van der Waals surface area contributed by atoms with Crippen LogP contribution in [-0.4, -0.2) is 25.2 Å². The molecule has 3 rings (SSSR count). The molecule has 0 spiro atoms.